The Morgan fingerprint density at radius 2 is 1.55 bits per heavy atom. The van der Waals surface area contributed by atoms with E-state index < -0.39 is 10.2 Å². The molecule has 0 radical (unpaired) electrons. The molecular weight excluding hydrogens is 394 g/mol. The summed E-state index contributed by atoms with van der Waals surface area (Å²) in [4.78, 5) is 16.2. The van der Waals surface area contributed by atoms with E-state index in [1.54, 1.807) is 29.2 Å². The fourth-order valence-corrected chi connectivity index (χ4v) is 4.96. The van der Waals surface area contributed by atoms with Crippen LogP contribution in [-0.4, -0.2) is 98.7 Å². The molecule has 0 spiro atoms. The summed E-state index contributed by atoms with van der Waals surface area (Å²) < 4.78 is 34.1. The van der Waals surface area contributed by atoms with Crippen molar-refractivity contribution >= 4 is 16.1 Å². The zero-order valence-corrected chi connectivity index (χ0v) is 17.5. The molecule has 0 bridgehead atoms. The molecular formula is C19H27N5O4S. The van der Waals surface area contributed by atoms with Crippen LogP contribution >= 0.6 is 0 Å². The SMILES string of the molecule is CN1CCN(S(=O)(=O)N2CCN(C(=O)COc3ccc(CC#N)cc3)CC2)CC1. The van der Waals surface area contributed by atoms with E-state index in [0.29, 0.717) is 51.4 Å². The van der Waals surface area contributed by atoms with Crippen molar-refractivity contribution in [3.63, 3.8) is 0 Å². The summed E-state index contributed by atoms with van der Waals surface area (Å²) in [6.45, 7) is 3.67. The number of ether oxygens (including phenoxy) is 1. The van der Waals surface area contributed by atoms with Gasteiger partial charge in [0.1, 0.15) is 5.75 Å². The van der Waals surface area contributed by atoms with Crippen LogP contribution in [0.3, 0.4) is 0 Å². The molecule has 10 heteroatoms. The number of hydrogen-bond acceptors (Lipinski definition) is 6. The first-order valence-electron chi connectivity index (χ1n) is 9.70. The summed E-state index contributed by atoms with van der Waals surface area (Å²) in [7, 11) is -1.49. The number of carbonyl (C=O) groups is 1. The van der Waals surface area contributed by atoms with Crippen molar-refractivity contribution < 1.29 is 17.9 Å². The van der Waals surface area contributed by atoms with Gasteiger partial charge < -0.3 is 14.5 Å². The van der Waals surface area contributed by atoms with Gasteiger partial charge in [0, 0.05) is 52.4 Å². The highest BCUT2D eigenvalue weighted by atomic mass is 32.2. The van der Waals surface area contributed by atoms with Crippen molar-refractivity contribution in [2.75, 3.05) is 66.0 Å². The molecule has 0 aliphatic carbocycles. The van der Waals surface area contributed by atoms with Crippen molar-refractivity contribution in [2.45, 2.75) is 6.42 Å². The molecule has 1 aromatic carbocycles. The molecule has 2 saturated heterocycles. The zero-order chi connectivity index (χ0) is 20.9. The summed E-state index contributed by atoms with van der Waals surface area (Å²) in [6, 6.07) is 9.15. The average Bonchev–Trinajstić information content (AvgIpc) is 2.73. The minimum absolute atomic E-state index is 0.0944. The van der Waals surface area contributed by atoms with Crippen LogP contribution in [0.15, 0.2) is 24.3 Å². The van der Waals surface area contributed by atoms with E-state index >= 15 is 0 Å². The lowest BCUT2D eigenvalue weighted by molar-refractivity contribution is -0.134. The van der Waals surface area contributed by atoms with Crippen LogP contribution in [0.25, 0.3) is 0 Å². The van der Waals surface area contributed by atoms with E-state index in [9.17, 15) is 13.2 Å². The monoisotopic (exact) mass is 421 g/mol. The standard InChI is InChI=1S/C19H27N5O4S/c1-21-8-12-23(13-9-21)29(26,27)24-14-10-22(11-15-24)19(25)16-28-18-4-2-17(3-5-18)6-7-20/h2-5H,6,8-16H2,1H3. The first-order valence-corrected chi connectivity index (χ1v) is 11.1. The third kappa shape index (κ3) is 5.45. The molecule has 2 fully saturated rings. The van der Waals surface area contributed by atoms with Crippen molar-refractivity contribution in [3.8, 4) is 11.8 Å². The van der Waals surface area contributed by atoms with Crippen LogP contribution in [0.5, 0.6) is 5.75 Å². The zero-order valence-electron chi connectivity index (χ0n) is 16.7. The first kappa shape index (κ1) is 21.5. The lowest BCUT2D eigenvalue weighted by atomic mass is 10.2. The maximum Gasteiger partial charge on any atom is 0.282 e. The van der Waals surface area contributed by atoms with E-state index in [1.807, 2.05) is 7.05 Å². The number of amides is 1. The first-order chi connectivity index (χ1) is 13.9. The number of nitriles is 1. The van der Waals surface area contributed by atoms with Gasteiger partial charge in [-0.1, -0.05) is 12.1 Å². The fraction of sp³-hybridized carbons (Fsp3) is 0.579. The predicted octanol–water partition coefficient (Wildman–Crippen LogP) is -0.232. The Kier molecular flexibility index (Phi) is 7.08. The van der Waals surface area contributed by atoms with Gasteiger partial charge in [0.2, 0.25) is 0 Å². The third-order valence-electron chi connectivity index (χ3n) is 5.28. The fourth-order valence-electron chi connectivity index (χ4n) is 3.38. The Balaban J connectivity index is 1.46. The summed E-state index contributed by atoms with van der Waals surface area (Å²) in [5.74, 6) is 0.402. The molecule has 3 rings (SSSR count). The van der Waals surface area contributed by atoms with Crippen LogP contribution in [0.4, 0.5) is 0 Å². The van der Waals surface area contributed by atoms with Crippen molar-refractivity contribution in [2.24, 2.45) is 0 Å². The second-order valence-corrected chi connectivity index (χ2v) is 9.19. The number of benzene rings is 1. The Bertz CT molecular complexity index is 836. The summed E-state index contributed by atoms with van der Waals surface area (Å²) in [5, 5.41) is 8.69. The molecule has 1 amide bonds. The van der Waals surface area contributed by atoms with Crippen molar-refractivity contribution in [3.05, 3.63) is 29.8 Å². The Hall–Kier alpha value is -2.19. The van der Waals surface area contributed by atoms with Gasteiger partial charge in [0.25, 0.3) is 16.1 Å². The van der Waals surface area contributed by atoms with Crippen LogP contribution < -0.4 is 4.74 Å². The topological polar surface area (TPSA) is 97.2 Å². The van der Waals surface area contributed by atoms with Crippen LogP contribution in [0.1, 0.15) is 5.56 Å². The van der Waals surface area contributed by atoms with Gasteiger partial charge in [-0.25, -0.2) is 0 Å². The minimum atomic E-state index is -3.47. The number of rotatable bonds is 6. The van der Waals surface area contributed by atoms with Gasteiger partial charge in [-0.2, -0.15) is 22.3 Å². The van der Waals surface area contributed by atoms with Gasteiger partial charge in [-0.15, -0.1) is 0 Å². The molecule has 0 unspecified atom stereocenters. The Morgan fingerprint density at radius 3 is 2.10 bits per heavy atom. The number of hydrogen-bond donors (Lipinski definition) is 0. The molecule has 0 saturated carbocycles. The van der Waals surface area contributed by atoms with Crippen molar-refractivity contribution in [1.29, 1.82) is 5.26 Å². The second kappa shape index (κ2) is 9.54. The smallest absolute Gasteiger partial charge is 0.282 e. The van der Waals surface area contributed by atoms with E-state index in [-0.39, 0.29) is 12.5 Å². The third-order valence-corrected chi connectivity index (χ3v) is 7.31. The quantitative estimate of drug-likeness (QED) is 0.629. The van der Waals surface area contributed by atoms with Crippen molar-refractivity contribution in [1.82, 2.24) is 18.4 Å². The molecule has 1 aromatic rings. The molecule has 9 nitrogen and oxygen atoms in total. The number of piperazine rings is 2. The predicted molar refractivity (Wildman–Crippen MR) is 107 cm³/mol. The highest BCUT2D eigenvalue weighted by Crippen LogP contribution is 2.16. The normalized spacial score (nSPS) is 19.7. The molecule has 2 aliphatic rings. The molecule has 2 heterocycles. The van der Waals surface area contributed by atoms with Crippen LogP contribution in [-0.2, 0) is 21.4 Å². The van der Waals surface area contributed by atoms with Crippen LogP contribution in [0, 0.1) is 11.3 Å². The molecule has 0 atom stereocenters. The second-order valence-electron chi connectivity index (χ2n) is 7.26. The van der Waals surface area contributed by atoms with Gasteiger partial charge in [-0.05, 0) is 24.7 Å². The Labute approximate surface area is 172 Å². The minimum Gasteiger partial charge on any atom is -0.484 e. The Morgan fingerprint density at radius 1 is 1.00 bits per heavy atom. The summed E-state index contributed by atoms with van der Waals surface area (Å²) in [5.41, 5.74) is 0.892. The highest BCUT2D eigenvalue weighted by molar-refractivity contribution is 7.86. The lowest BCUT2D eigenvalue weighted by Gasteiger charge is -2.39. The van der Waals surface area contributed by atoms with Gasteiger partial charge in [0.05, 0.1) is 12.5 Å². The summed E-state index contributed by atoms with van der Waals surface area (Å²) >= 11 is 0. The number of likely N-dealkylation sites (N-methyl/N-ethyl adjacent to an activating group) is 1. The molecule has 2 aliphatic heterocycles. The van der Waals surface area contributed by atoms with Gasteiger partial charge >= 0.3 is 0 Å². The molecule has 158 valence electrons. The maximum absolute atomic E-state index is 12.8. The lowest BCUT2D eigenvalue weighted by Crippen LogP contribution is -2.57. The highest BCUT2D eigenvalue weighted by Gasteiger charge is 2.34. The molecule has 0 N–H and O–H groups in total. The molecule has 29 heavy (non-hydrogen) atoms. The van der Waals surface area contributed by atoms with E-state index in [1.165, 1.54) is 8.61 Å². The van der Waals surface area contributed by atoms with E-state index in [2.05, 4.69) is 11.0 Å². The molecule has 0 aromatic heterocycles. The van der Waals surface area contributed by atoms with E-state index in [4.69, 9.17) is 10.00 Å². The number of carbonyl (C=O) groups excluding carboxylic acids is 1. The number of nitrogens with zero attached hydrogens (tertiary/aromatic N) is 5. The summed E-state index contributed by atoms with van der Waals surface area (Å²) in [6.07, 6.45) is 0.334. The largest absolute Gasteiger partial charge is 0.484 e. The van der Waals surface area contributed by atoms with Gasteiger partial charge in [0.15, 0.2) is 6.61 Å². The average molecular weight is 422 g/mol. The van der Waals surface area contributed by atoms with E-state index in [0.717, 1.165) is 18.7 Å². The van der Waals surface area contributed by atoms with Crippen LogP contribution in [0.2, 0.25) is 0 Å². The van der Waals surface area contributed by atoms with Gasteiger partial charge in [-0.3, -0.25) is 4.79 Å². The maximum atomic E-state index is 12.8.